The summed E-state index contributed by atoms with van der Waals surface area (Å²) in [5.41, 5.74) is 0.765. The van der Waals surface area contributed by atoms with Crippen molar-refractivity contribution < 1.29 is 14.3 Å². The molecule has 1 aromatic carbocycles. The van der Waals surface area contributed by atoms with E-state index in [0.717, 1.165) is 14.6 Å². The van der Waals surface area contributed by atoms with E-state index in [2.05, 4.69) is 36.6 Å². The Hall–Kier alpha value is -0.880. The Bertz CT molecular complexity index is 504. The molecule has 1 heterocycles. The SMILES string of the molecule is COC(=O)C1CC(=O)N(c2cc(Br)ccc2Br)C1. The number of carbonyl (C=O) groups is 2. The molecule has 0 aromatic heterocycles. The van der Waals surface area contributed by atoms with Gasteiger partial charge >= 0.3 is 5.97 Å². The summed E-state index contributed by atoms with van der Waals surface area (Å²) in [6, 6.07) is 5.59. The molecule has 1 aromatic rings. The fourth-order valence-corrected chi connectivity index (χ4v) is 2.77. The van der Waals surface area contributed by atoms with Gasteiger partial charge in [-0.25, -0.2) is 0 Å². The van der Waals surface area contributed by atoms with Crippen LogP contribution in [0.5, 0.6) is 0 Å². The Morgan fingerprint density at radius 2 is 2.17 bits per heavy atom. The monoisotopic (exact) mass is 375 g/mol. The van der Waals surface area contributed by atoms with Crippen LogP contribution in [0.2, 0.25) is 0 Å². The van der Waals surface area contributed by atoms with Crippen molar-refractivity contribution in [3.63, 3.8) is 0 Å². The maximum Gasteiger partial charge on any atom is 0.311 e. The first-order valence-corrected chi connectivity index (χ1v) is 6.94. The van der Waals surface area contributed by atoms with E-state index in [1.807, 2.05) is 18.2 Å². The average molecular weight is 377 g/mol. The van der Waals surface area contributed by atoms with Gasteiger partial charge in [0.1, 0.15) is 0 Å². The van der Waals surface area contributed by atoms with Crippen molar-refractivity contribution in [1.82, 2.24) is 0 Å². The molecular weight excluding hydrogens is 366 g/mol. The molecule has 0 aliphatic carbocycles. The number of benzene rings is 1. The molecule has 1 atom stereocenters. The van der Waals surface area contributed by atoms with Crippen LogP contribution in [0.25, 0.3) is 0 Å². The van der Waals surface area contributed by atoms with Crippen LogP contribution in [0.4, 0.5) is 5.69 Å². The highest BCUT2D eigenvalue weighted by Gasteiger charge is 2.36. The number of carbonyl (C=O) groups excluding carboxylic acids is 2. The Morgan fingerprint density at radius 3 is 2.83 bits per heavy atom. The van der Waals surface area contributed by atoms with Crippen molar-refractivity contribution in [2.45, 2.75) is 6.42 Å². The minimum Gasteiger partial charge on any atom is -0.469 e. The zero-order valence-corrected chi connectivity index (χ0v) is 12.8. The second kappa shape index (κ2) is 5.40. The summed E-state index contributed by atoms with van der Waals surface area (Å²) in [4.78, 5) is 25.0. The lowest BCUT2D eigenvalue weighted by Crippen LogP contribution is -2.26. The summed E-state index contributed by atoms with van der Waals surface area (Å²) in [5, 5.41) is 0. The molecule has 1 saturated heterocycles. The van der Waals surface area contributed by atoms with Crippen molar-refractivity contribution >= 4 is 49.4 Å². The molecule has 0 bridgehead atoms. The van der Waals surface area contributed by atoms with Gasteiger partial charge in [0.05, 0.1) is 18.7 Å². The molecule has 4 nitrogen and oxygen atoms in total. The van der Waals surface area contributed by atoms with Crippen LogP contribution >= 0.6 is 31.9 Å². The van der Waals surface area contributed by atoms with Gasteiger partial charge in [-0.15, -0.1) is 0 Å². The summed E-state index contributed by atoms with van der Waals surface area (Å²) in [5.74, 6) is -0.783. The van der Waals surface area contributed by atoms with E-state index in [0.29, 0.717) is 6.54 Å². The van der Waals surface area contributed by atoms with Gasteiger partial charge in [0.25, 0.3) is 0 Å². The summed E-state index contributed by atoms with van der Waals surface area (Å²) >= 11 is 6.78. The smallest absolute Gasteiger partial charge is 0.311 e. The van der Waals surface area contributed by atoms with Gasteiger partial charge in [-0.05, 0) is 34.1 Å². The number of halogens is 2. The van der Waals surface area contributed by atoms with Crippen LogP contribution in [0, 0.1) is 5.92 Å². The number of hydrogen-bond donors (Lipinski definition) is 0. The number of esters is 1. The third-order valence-electron chi connectivity index (χ3n) is 2.86. The number of rotatable bonds is 2. The molecule has 0 spiro atoms. The van der Waals surface area contributed by atoms with Crippen LogP contribution in [0.15, 0.2) is 27.1 Å². The van der Waals surface area contributed by atoms with E-state index in [9.17, 15) is 9.59 Å². The Labute approximate surface area is 122 Å². The van der Waals surface area contributed by atoms with Crippen molar-refractivity contribution in [3.05, 3.63) is 27.1 Å². The molecule has 1 unspecified atom stereocenters. The molecule has 0 N–H and O–H groups in total. The number of nitrogens with zero attached hydrogens (tertiary/aromatic N) is 1. The van der Waals surface area contributed by atoms with Gasteiger partial charge in [-0.3, -0.25) is 9.59 Å². The molecule has 2 rings (SSSR count). The first kappa shape index (κ1) is 13.5. The molecule has 1 aliphatic heterocycles. The van der Waals surface area contributed by atoms with E-state index >= 15 is 0 Å². The van der Waals surface area contributed by atoms with Gasteiger partial charge in [0.15, 0.2) is 0 Å². The molecular formula is C12H11Br2NO3. The minimum atomic E-state index is -0.381. The number of hydrogen-bond acceptors (Lipinski definition) is 3. The van der Waals surface area contributed by atoms with Gasteiger partial charge in [-0.2, -0.15) is 0 Å². The predicted octanol–water partition coefficient (Wildman–Crippen LogP) is 2.74. The third kappa shape index (κ3) is 2.59. The quantitative estimate of drug-likeness (QED) is 0.745. The van der Waals surface area contributed by atoms with Gasteiger partial charge in [-0.1, -0.05) is 15.9 Å². The van der Waals surface area contributed by atoms with Crippen LogP contribution in [0.1, 0.15) is 6.42 Å². The molecule has 1 aliphatic rings. The maximum atomic E-state index is 12.0. The van der Waals surface area contributed by atoms with Crippen molar-refractivity contribution in [1.29, 1.82) is 0 Å². The second-order valence-corrected chi connectivity index (χ2v) is 5.79. The van der Waals surface area contributed by atoms with E-state index in [4.69, 9.17) is 0 Å². The third-order valence-corrected chi connectivity index (χ3v) is 4.02. The number of ether oxygens (including phenoxy) is 1. The van der Waals surface area contributed by atoms with E-state index in [-0.39, 0.29) is 24.2 Å². The highest BCUT2D eigenvalue weighted by atomic mass is 79.9. The van der Waals surface area contributed by atoms with Crippen LogP contribution in [-0.2, 0) is 14.3 Å². The second-order valence-electron chi connectivity index (χ2n) is 4.02. The van der Waals surface area contributed by atoms with Gasteiger partial charge < -0.3 is 9.64 Å². The highest BCUT2D eigenvalue weighted by Crippen LogP contribution is 2.33. The fourth-order valence-electron chi connectivity index (χ4n) is 1.96. The predicted molar refractivity (Wildman–Crippen MR) is 74.3 cm³/mol. The normalized spacial score (nSPS) is 19.2. The van der Waals surface area contributed by atoms with Crippen molar-refractivity contribution in [2.24, 2.45) is 5.92 Å². The number of methoxy groups -OCH3 is 1. The van der Waals surface area contributed by atoms with Crippen LogP contribution in [0.3, 0.4) is 0 Å². The molecule has 18 heavy (non-hydrogen) atoms. The van der Waals surface area contributed by atoms with E-state index in [1.54, 1.807) is 4.90 Å². The molecule has 96 valence electrons. The summed E-state index contributed by atoms with van der Waals surface area (Å²) in [6.45, 7) is 0.362. The standard InChI is InChI=1S/C12H11Br2NO3/c1-18-12(17)7-4-11(16)15(6-7)10-5-8(13)2-3-9(10)14/h2-3,5,7H,4,6H2,1H3. The number of amides is 1. The van der Waals surface area contributed by atoms with Gasteiger partial charge in [0.2, 0.25) is 5.91 Å². The molecule has 0 radical (unpaired) electrons. The molecule has 1 fully saturated rings. The average Bonchev–Trinajstić information content (AvgIpc) is 2.73. The highest BCUT2D eigenvalue weighted by molar-refractivity contribution is 9.11. The zero-order chi connectivity index (χ0) is 13.3. The lowest BCUT2D eigenvalue weighted by Gasteiger charge is -2.18. The van der Waals surface area contributed by atoms with Crippen LogP contribution in [-0.4, -0.2) is 25.5 Å². The Morgan fingerprint density at radius 1 is 1.44 bits per heavy atom. The summed E-state index contributed by atoms with van der Waals surface area (Å²) in [6.07, 6.45) is 0.200. The lowest BCUT2D eigenvalue weighted by molar-refractivity contribution is -0.145. The lowest BCUT2D eigenvalue weighted by atomic mass is 10.1. The summed E-state index contributed by atoms with van der Waals surface area (Å²) in [7, 11) is 1.34. The van der Waals surface area contributed by atoms with Gasteiger partial charge in [0, 0.05) is 21.9 Å². The maximum absolute atomic E-state index is 12.0. The number of anilines is 1. The largest absolute Gasteiger partial charge is 0.469 e. The Kier molecular flexibility index (Phi) is 4.07. The Balaban J connectivity index is 2.27. The molecule has 0 saturated carbocycles. The van der Waals surface area contributed by atoms with Crippen molar-refractivity contribution in [3.8, 4) is 0 Å². The van der Waals surface area contributed by atoms with Crippen molar-refractivity contribution in [2.75, 3.05) is 18.6 Å². The van der Waals surface area contributed by atoms with E-state index < -0.39 is 0 Å². The topological polar surface area (TPSA) is 46.6 Å². The van der Waals surface area contributed by atoms with E-state index in [1.165, 1.54) is 7.11 Å². The zero-order valence-electron chi connectivity index (χ0n) is 9.65. The minimum absolute atomic E-state index is 0.0656. The molecule has 6 heteroatoms. The molecule has 1 amide bonds. The van der Waals surface area contributed by atoms with Crippen LogP contribution < -0.4 is 4.90 Å². The first-order valence-electron chi connectivity index (χ1n) is 5.36. The fraction of sp³-hybridized carbons (Fsp3) is 0.333. The summed E-state index contributed by atoms with van der Waals surface area (Å²) < 4.78 is 6.39. The first-order chi connectivity index (χ1) is 8.52.